The van der Waals surface area contributed by atoms with Gasteiger partial charge in [-0.2, -0.15) is 0 Å². The quantitative estimate of drug-likeness (QED) is 0.696. The van der Waals surface area contributed by atoms with Crippen molar-refractivity contribution in [2.45, 2.75) is 62.7 Å². The molecule has 2 atom stereocenters. The van der Waals surface area contributed by atoms with Gasteiger partial charge >= 0.3 is 6.03 Å². The van der Waals surface area contributed by atoms with Crippen molar-refractivity contribution < 1.29 is 4.79 Å². The number of thioether (sulfide) groups is 1. The van der Waals surface area contributed by atoms with E-state index < -0.39 is 0 Å². The minimum Gasteiger partial charge on any atom is -0.357 e. The van der Waals surface area contributed by atoms with Gasteiger partial charge in [-0.05, 0) is 55.2 Å². The number of nitrogens with one attached hydrogen (secondary N) is 2. The standard InChI is InChI=1S/C24H33N5OS/c1-18-23(26-17-25-13-5-15-31-18)29-14-12-22(16-29)28-24(30)27-21-10-8-20(9-11-21)19-6-3-2-4-7-19/h5,8-11,15,17-19,22H,2-4,6-7,12-14,16H2,1H3,(H2,27,28,30)/b15-5-,25-17?,26-23?. The highest BCUT2D eigenvalue weighted by Crippen LogP contribution is 2.33. The molecule has 1 aromatic rings. The smallest absolute Gasteiger partial charge is 0.319 e. The Hall–Kier alpha value is -2.28. The summed E-state index contributed by atoms with van der Waals surface area (Å²) in [5.41, 5.74) is 2.25. The summed E-state index contributed by atoms with van der Waals surface area (Å²) in [5.74, 6) is 1.71. The molecule has 2 amide bonds. The second-order valence-corrected chi connectivity index (χ2v) is 9.86. The van der Waals surface area contributed by atoms with Crippen LogP contribution >= 0.6 is 11.8 Å². The van der Waals surface area contributed by atoms with Crippen LogP contribution in [0.4, 0.5) is 10.5 Å². The van der Waals surface area contributed by atoms with Crippen molar-refractivity contribution in [1.82, 2.24) is 10.2 Å². The molecule has 2 heterocycles. The van der Waals surface area contributed by atoms with Crippen LogP contribution in [0.1, 0.15) is 56.9 Å². The molecule has 2 unspecified atom stereocenters. The van der Waals surface area contributed by atoms with Gasteiger partial charge in [0.1, 0.15) is 12.2 Å². The van der Waals surface area contributed by atoms with E-state index >= 15 is 0 Å². The first-order valence-corrected chi connectivity index (χ1v) is 12.4. The summed E-state index contributed by atoms with van der Waals surface area (Å²) in [6.07, 6.45) is 11.2. The van der Waals surface area contributed by atoms with Crippen molar-refractivity contribution in [2.75, 3.05) is 25.0 Å². The van der Waals surface area contributed by atoms with Gasteiger partial charge in [-0.15, -0.1) is 11.8 Å². The number of urea groups is 1. The number of nitrogens with zero attached hydrogens (tertiary/aromatic N) is 3. The van der Waals surface area contributed by atoms with E-state index in [1.165, 1.54) is 37.7 Å². The molecule has 6 nitrogen and oxygen atoms in total. The second-order valence-electron chi connectivity index (χ2n) is 8.61. The molecule has 3 aliphatic rings. The molecule has 1 aromatic carbocycles. The van der Waals surface area contributed by atoms with E-state index in [4.69, 9.17) is 0 Å². The summed E-state index contributed by atoms with van der Waals surface area (Å²) in [6.45, 7) is 4.50. The fourth-order valence-electron chi connectivity index (χ4n) is 4.64. The maximum Gasteiger partial charge on any atom is 0.319 e. The molecule has 1 saturated carbocycles. The highest BCUT2D eigenvalue weighted by molar-refractivity contribution is 8.03. The highest BCUT2D eigenvalue weighted by atomic mass is 32.2. The normalized spacial score (nSPS) is 25.8. The highest BCUT2D eigenvalue weighted by Gasteiger charge is 2.28. The molecule has 1 aliphatic carbocycles. The van der Waals surface area contributed by atoms with Crippen LogP contribution in [0.3, 0.4) is 0 Å². The summed E-state index contributed by atoms with van der Waals surface area (Å²) in [4.78, 5) is 23.7. The zero-order valence-corrected chi connectivity index (χ0v) is 19.1. The molecule has 0 spiro atoms. The van der Waals surface area contributed by atoms with Crippen LogP contribution in [-0.4, -0.2) is 54.0 Å². The average Bonchev–Trinajstić information content (AvgIpc) is 3.27. The number of rotatable bonds is 3. The molecule has 2 aliphatic heterocycles. The summed E-state index contributed by atoms with van der Waals surface area (Å²) in [7, 11) is 0. The van der Waals surface area contributed by atoms with Crippen LogP contribution < -0.4 is 10.6 Å². The number of carbonyl (C=O) groups excluding carboxylic acids is 1. The topological polar surface area (TPSA) is 69.1 Å². The first-order chi connectivity index (χ1) is 15.2. The summed E-state index contributed by atoms with van der Waals surface area (Å²) >= 11 is 1.76. The molecule has 166 valence electrons. The van der Waals surface area contributed by atoms with Gasteiger partial charge in [0.2, 0.25) is 0 Å². The largest absolute Gasteiger partial charge is 0.357 e. The Labute approximate surface area is 189 Å². The fraction of sp³-hybridized carbons (Fsp3) is 0.542. The van der Waals surface area contributed by atoms with E-state index in [1.54, 1.807) is 18.1 Å². The average molecular weight is 440 g/mol. The molecule has 2 N–H and O–H groups in total. The monoisotopic (exact) mass is 439 g/mol. The number of aliphatic imine (C=N–C) groups is 2. The number of anilines is 1. The summed E-state index contributed by atoms with van der Waals surface area (Å²) < 4.78 is 0. The maximum atomic E-state index is 12.5. The van der Waals surface area contributed by atoms with Crippen molar-refractivity contribution in [3.05, 3.63) is 41.3 Å². The lowest BCUT2D eigenvalue weighted by atomic mass is 9.84. The van der Waals surface area contributed by atoms with Gasteiger partial charge in [-0.3, -0.25) is 4.99 Å². The Bertz CT molecular complexity index is 829. The molecule has 1 saturated heterocycles. The SMILES string of the molecule is CC1S/C=C\CN=CN=C1N1CCC(NC(=O)Nc2ccc(C3CCCCC3)cc2)C1. The van der Waals surface area contributed by atoms with Gasteiger partial charge < -0.3 is 15.5 Å². The van der Waals surface area contributed by atoms with E-state index in [1.807, 2.05) is 12.1 Å². The number of hydrogen-bond acceptors (Lipinski definition) is 5. The first-order valence-electron chi connectivity index (χ1n) is 11.5. The molecule has 4 rings (SSSR count). The van der Waals surface area contributed by atoms with Crippen molar-refractivity contribution in [2.24, 2.45) is 9.98 Å². The zero-order valence-electron chi connectivity index (χ0n) is 18.3. The third-order valence-corrected chi connectivity index (χ3v) is 7.29. The number of hydrogen-bond donors (Lipinski definition) is 2. The number of likely N-dealkylation sites (tertiary alicyclic amines) is 1. The van der Waals surface area contributed by atoms with Crippen molar-refractivity contribution >= 4 is 35.7 Å². The third-order valence-electron chi connectivity index (χ3n) is 6.32. The van der Waals surface area contributed by atoms with Crippen molar-refractivity contribution in [3.8, 4) is 0 Å². The van der Waals surface area contributed by atoms with Crippen LogP contribution in [0.25, 0.3) is 0 Å². The molecular formula is C24H33N5OS. The molecule has 2 fully saturated rings. The van der Waals surface area contributed by atoms with E-state index in [-0.39, 0.29) is 17.3 Å². The van der Waals surface area contributed by atoms with Crippen molar-refractivity contribution in [3.63, 3.8) is 0 Å². The molecule has 0 radical (unpaired) electrons. The van der Waals surface area contributed by atoms with Crippen LogP contribution in [0, 0.1) is 0 Å². The van der Waals surface area contributed by atoms with Gasteiger partial charge in [0.05, 0.1) is 11.8 Å². The fourth-order valence-corrected chi connectivity index (χ4v) is 5.41. The summed E-state index contributed by atoms with van der Waals surface area (Å²) in [6, 6.07) is 8.38. The molecule has 7 heteroatoms. The second kappa shape index (κ2) is 10.8. The van der Waals surface area contributed by atoms with E-state index in [0.29, 0.717) is 12.5 Å². The predicted octanol–water partition coefficient (Wildman–Crippen LogP) is 5.01. The number of benzene rings is 1. The van der Waals surface area contributed by atoms with E-state index in [2.05, 4.69) is 56.1 Å². The minimum atomic E-state index is -0.138. The summed E-state index contributed by atoms with van der Waals surface area (Å²) in [5, 5.41) is 8.48. The number of amides is 2. The lowest BCUT2D eigenvalue weighted by Crippen LogP contribution is -2.42. The van der Waals surface area contributed by atoms with E-state index in [0.717, 1.165) is 31.0 Å². The van der Waals surface area contributed by atoms with Gasteiger partial charge in [-0.1, -0.05) is 37.5 Å². The molecular weight excluding hydrogens is 406 g/mol. The lowest BCUT2D eigenvalue weighted by molar-refractivity contribution is 0.248. The predicted molar refractivity (Wildman–Crippen MR) is 131 cm³/mol. The van der Waals surface area contributed by atoms with Gasteiger partial charge in [0, 0.05) is 24.8 Å². The number of carbonyl (C=O) groups is 1. The van der Waals surface area contributed by atoms with Gasteiger partial charge in [0.15, 0.2) is 0 Å². The lowest BCUT2D eigenvalue weighted by Gasteiger charge is -2.24. The Morgan fingerprint density at radius 1 is 1.13 bits per heavy atom. The molecule has 0 bridgehead atoms. The Balaban J connectivity index is 1.28. The number of amidine groups is 1. The third kappa shape index (κ3) is 6.12. The van der Waals surface area contributed by atoms with Crippen LogP contribution in [-0.2, 0) is 0 Å². The minimum absolute atomic E-state index is 0.113. The first kappa shape index (κ1) is 21.9. The molecule has 31 heavy (non-hydrogen) atoms. The van der Waals surface area contributed by atoms with Crippen LogP contribution in [0.2, 0.25) is 0 Å². The Kier molecular flexibility index (Phi) is 7.67. The van der Waals surface area contributed by atoms with Gasteiger partial charge in [0.25, 0.3) is 0 Å². The Morgan fingerprint density at radius 3 is 2.74 bits per heavy atom. The van der Waals surface area contributed by atoms with Gasteiger partial charge in [-0.25, -0.2) is 9.79 Å². The van der Waals surface area contributed by atoms with Crippen molar-refractivity contribution in [1.29, 1.82) is 0 Å². The zero-order chi connectivity index (χ0) is 21.5. The van der Waals surface area contributed by atoms with E-state index in [9.17, 15) is 4.79 Å². The van der Waals surface area contributed by atoms with Crippen LogP contribution in [0.5, 0.6) is 0 Å². The van der Waals surface area contributed by atoms with Crippen LogP contribution in [0.15, 0.2) is 45.7 Å². The molecule has 0 aromatic heterocycles. The maximum absolute atomic E-state index is 12.5. The Morgan fingerprint density at radius 2 is 1.94 bits per heavy atom.